The van der Waals surface area contributed by atoms with Gasteiger partial charge in [0.1, 0.15) is 5.75 Å². The van der Waals surface area contributed by atoms with Crippen LogP contribution in [0, 0.1) is 0 Å². The van der Waals surface area contributed by atoms with E-state index >= 15 is 0 Å². The van der Waals surface area contributed by atoms with Crippen LogP contribution < -0.4 is 5.32 Å². The molecular formula is C17H23NO3. The van der Waals surface area contributed by atoms with Crippen LogP contribution in [0.3, 0.4) is 0 Å². The van der Waals surface area contributed by atoms with Gasteiger partial charge < -0.3 is 19.9 Å². The number of hydrogen-bond acceptors (Lipinski definition) is 4. The number of aromatic hydroxyl groups is 1. The van der Waals surface area contributed by atoms with E-state index in [9.17, 15) is 5.11 Å². The summed E-state index contributed by atoms with van der Waals surface area (Å²) in [4.78, 5) is 0. The maximum absolute atomic E-state index is 10.1. The van der Waals surface area contributed by atoms with Crippen LogP contribution >= 0.6 is 0 Å². The molecule has 0 fully saturated rings. The van der Waals surface area contributed by atoms with E-state index < -0.39 is 0 Å². The van der Waals surface area contributed by atoms with Crippen molar-refractivity contribution in [2.24, 2.45) is 0 Å². The minimum Gasteiger partial charge on any atom is -0.508 e. The van der Waals surface area contributed by atoms with E-state index in [1.54, 1.807) is 6.07 Å². The van der Waals surface area contributed by atoms with Gasteiger partial charge >= 0.3 is 0 Å². The Labute approximate surface area is 125 Å². The molecule has 2 aromatic carbocycles. The minimum atomic E-state index is -0.253. The Balaban J connectivity index is 2.04. The maximum Gasteiger partial charge on any atom is 0.169 e. The van der Waals surface area contributed by atoms with Crippen molar-refractivity contribution in [3.63, 3.8) is 0 Å². The fraction of sp³-hybridized carbons (Fsp3) is 0.412. The first-order chi connectivity index (χ1) is 10.3. The Kier molecular flexibility index (Phi) is 5.99. The van der Waals surface area contributed by atoms with Gasteiger partial charge in [-0.1, -0.05) is 30.3 Å². The van der Waals surface area contributed by atoms with Gasteiger partial charge in [-0.2, -0.15) is 0 Å². The van der Waals surface area contributed by atoms with Gasteiger partial charge in [0.15, 0.2) is 6.29 Å². The SMILES string of the molecule is CCOC(CNCc1c(O)ccc2ccccc12)OCC. The number of ether oxygens (including phenoxy) is 2. The molecule has 2 aromatic rings. The molecule has 0 aliphatic rings. The second-order valence-electron chi connectivity index (χ2n) is 4.76. The normalized spacial score (nSPS) is 11.4. The first kappa shape index (κ1) is 15.8. The van der Waals surface area contributed by atoms with Crippen LogP contribution in [0.5, 0.6) is 5.75 Å². The molecule has 0 radical (unpaired) electrons. The summed E-state index contributed by atoms with van der Waals surface area (Å²) in [6.07, 6.45) is -0.253. The number of hydrogen-bond donors (Lipinski definition) is 2. The fourth-order valence-electron chi connectivity index (χ4n) is 2.36. The van der Waals surface area contributed by atoms with Gasteiger partial charge in [-0.3, -0.25) is 0 Å². The highest BCUT2D eigenvalue weighted by Crippen LogP contribution is 2.26. The van der Waals surface area contributed by atoms with E-state index in [0.29, 0.717) is 32.1 Å². The number of rotatable bonds is 8. The van der Waals surface area contributed by atoms with Crippen LogP contribution in [-0.2, 0) is 16.0 Å². The van der Waals surface area contributed by atoms with Crippen LogP contribution in [0.4, 0.5) is 0 Å². The summed E-state index contributed by atoms with van der Waals surface area (Å²) >= 11 is 0. The third-order valence-corrected chi connectivity index (χ3v) is 3.33. The van der Waals surface area contributed by atoms with Gasteiger partial charge in [0.2, 0.25) is 0 Å². The van der Waals surface area contributed by atoms with Gasteiger partial charge in [0.25, 0.3) is 0 Å². The Morgan fingerprint density at radius 2 is 1.76 bits per heavy atom. The molecule has 0 unspecified atom stereocenters. The molecule has 0 amide bonds. The second-order valence-corrected chi connectivity index (χ2v) is 4.76. The molecule has 2 rings (SSSR count). The molecule has 114 valence electrons. The minimum absolute atomic E-state index is 0.253. The third kappa shape index (κ3) is 4.17. The maximum atomic E-state index is 10.1. The standard InChI is InChI=1S/C17H23NO3/c1-3-20-17(21-4-2)12-18-11-15-14-8-6-5-7-13(14)9-10-16(15)19/h5-10,17-19H,3-4,11-12H2,1-2H3. The molecule has 0 saturated heterocycles. The number of phenols is 1. The van der Waals surface area contributed by atoms with Crippen molar-refractivity contribution in [2.45, 2.75) is 26.7 Å². The van der Waals surface area contributed by atoms with Gasteiger partial charge in [-0.15, -0.1) is 0 Å². The topological polar surface area (TPSA) is 50.7 Å². The third-order valence-electron chi connectivity index (χ3n) is 3.33. The lowest BCUT2D eigenvalue weighted by Crippen LogP contribution is -2.31. The number of phenolic OH excluding ortho intramolecular Hbond substituents is 1. The van der Waals surface area contributed by atoms with E-state index in [-0.39, 0.29) is 6.29 Å². The lowest BCUT2D eigenvalue weighted by atomic mass is 10.0. The fourth-order valence-corrected chi connectivity index (χ4v) is 2.36. The predicted octanol–water partition coefficient (Wildman–Crippen LogP) is 3.03. The Morgan fingerprint density at radius 1 is 1.05 bits per heavy atom. The van der Waals surface area contributed by atoms with Crippen molar-refractivity contribution in [1.82, 2.24) is 5.32 Å². The molecule has 0 bridgehead atoms. The van der Waals surface area contributed by atoms with Crippen molar-refractivity contribution >= 4 is 10.8 Å². The van der Waals surface area contributed by atoms with Crippen LogP contribution in [0.2, 0.25) is 0 Å². The molecule has 0 aromatic heterocycles. The lowest BCUT2D eigenvalue weighted by molar-refractivity contribution is -0.133. The highest BCUT2D eigenvalue weighted by molar-refractivity contribution is 5.87. The molecular weight excluding hydrogens is 266 g/mol. The second kappa shape index (κ2) is 7.98. The Morgan fingerprint density at radius 3 is 2.48 bits per heavy atom. The highest BCUT2D eigenvalue weighted by atomic mass is 16.7. The van der Waals surface area contributed by atoms with Crippen LogP contribution in [0.15, 0.2) is 36.4 Å². The smallest absolute Gasteiger partial charge is 0.169 e. The largest absolute Gasteiger partial charge is 0.508 e. The summed E-state index contributed by atoms with van der Waals surface area (Å²) in [6.45, 7) is 6.29. The molecule has 4 heteroatoms. The Bertz CT molecular complexity index is 565. The zero-order chi connectivity index (χ0) is 15.1. The van der Waals surface area contributed by atoms with Crippen LogP contribution in [0.25, 0.3) is 10.8 Å². The summed E-state index contributed by atoms with van der Waals surface area (Å²) in [5, 5.41) is 15.6. The predicted molar refractivity (Wildman–Crippen MR) is 84.4 cm³/mol. The molecule has 0 saturated carbocycles. The first-order valence-electron chi connectivity index (χ1n) is 7.39. The first-order valence-corrected chi connectivity index (χ1v) is 7.39. The average Bonchev–Trinajstić information content (AvgIpc) is 2.50. The molecule has 0 aliphatic carbocycles. The number of benzene rings is 2. The van der Waals surface area contributed by atoms with Crippen LogP contribution in [0.1, 0.15) is 19.4 Å². The van der Waals surface area contributed by atoms with Gasteiger partial charge in [0.05, 0.1) is 0 Å². The quantitative estimate of drug-likeness (QED) is 0.733. The molecule has 21 heavy (non-hydrogen) atoms. The van der Waals surface area contributed by atoms with E-state index in [1.165, 1.54) is 0 Å². The average molecular weight is 289 g/mol. The van der Waals surface area contributed by atoms with Crippen LogP contribution in [-0.4, -0.2) is 31.2 Å². The number of fused-ring (bicyclic) bond motifs is 1. The lowest BCUT2D eigenvalue weighted by Gasteiger charge is -2.18. The van der Waals surface area contributed by atoms with Gasteiger partial charge in [0, 0.05) is 31.9 Å². The van der Waals surface area contributed by atoms with Crippen molar-refractivity contribution < 1.29 is 14.6 Å². The molecule has 0 aliphatic heterocycles. The van der Waals surface area contributed by atoms with E-state index in [2.05, 4.69) is 5.32 Å². The van der Waals surface area contributed by atoms with Crippen molar-refractivity contribution in [2.75, 3.05) is 19.8 Å². The zero-order valence-electron chi connectivity index (χ0n) is 12.6. The van der Waals surface area contributed by atoms with Crippen molar-refractivity contribution in [3.05, 3.63) is 42.0 Å². The monoisotopic (exact) mass is 289 g/mol. The molecule has 0 spiro atoms. The summed E-state index contributed by atoms with van der Waals surface area (Å²) in [6, 6.07) is 11.7. The van der Waals surface area contributed by atoms with E-state index in [0.717, 1.165) is 16.3 Å². The Hall–Kier alpha value is -1.62. The zero-order valence-corrected chi connectivity index (χ0v) is 12.6. The molecule has 4 nitrogen and oxygen atoms in total. The van der Waals surface area contributed by atoms with Crippen molar-refractivity contribution in [1.29, 1.82) is 0 Å². The van der Waals surface area contributed by atoms with Crippen molar-refractivity contribution in [3.8, 4) is 5.75 Å². The summed E-state index contributed by atoms with van der Waals surface area (Å²) in [7, 11) is 0. The van der Waals surface area contributed by atoms with E-state index in [1.807, 2.05) is 44.2 Å². The number of nitrogens with one attached hydrogen (secondary N) is 1. The molecule has 2 N–H and O–H groups in total. The van der Waals surface area contributed by atoms with E-state index in [4.69, 9.17) is 9.47 Å². The highest BCUT2D eigenvalue weighted by Gasteiger charge is 2.10. The summed E-state index contributed by atoms with van der Waals surface area (Å²) < 4.78 is 11.0. The summed E-state index contributed by atoms with van der Waals surface area (Å²) in [5.74, 6) is 0.311. The van der Waals surface area contributed by atoms with Gasteiger partial charge in [-0.25, -0.2) is 0 Å². The molecule has 0 heterocycles. The van der Waals surface area contributed by atoms with Gasteiger partial charge in [-0.05, 0) is 30.7 Å². The summed E-state index contributed by atoms with van der Waals surface area (Å²) in [5.41, 5.74) is 0.903. The molecule has 0 atom stereocenters.